The van der Waals surface area contributed by atoms with Gasteiger partial charge in [-0.05, 0) is 26.0 Å². The Morgan fingerprint density at radius 2 is 1.75 bits per heavy atom. The van der Waals surface area contributed by atoms with Crippen molar-refractivity contribution in [3.63, 3.8) is 0 Å². The minimum atomic E-state index is 0.750. The number of ether oxygens (including phenoxy) is 1. The fourth-order valence-electron chi connectivity index (χ4n) is 1.14. The molecule has 92 valence electrons. The number of carbonyl (C=O) groups excluding carboxylic acids is 1. The molecule has 1 fully saturated rings. The fourth-order valence-corrected chi connectivity index (χ4v) is 1.14. The molecule has 1 aliphatic rings. The molecule has 4 N–H and O–H groups in total. The molecular weight excluding hydrogens is 206 g/mol. The van der Waals surface area contributed by atoms with Gasteiger partial charge < -0.3 is 25.9 Å². The van der Waals surface area contributed by atoms with E-state index < -0.39 is 0 Å². The van der Waals surface area contributed by atoms with Crippen LogP contribution in [0.5, 0.6) is 0 Å². The average molecular weight is 227 g/mol. The van der Waals surface area contributed by atoms with Crippen molar-refractivity contribution >= 4 is 6.29 Å². The number of hydrogen-bond acceptors (Lipinski definition) is 5. The highest BCUT2D eigenvalue weighted by atomic mass is 16.5. The van der Waals surface area contributed by atoms with Gasteiger partial charge in [-0.25, -0.2) is 0 Å². The van der Waals surface area contributed by atoms with E-state index in [1.807, 2.05) is 19.1 Å². The number of morpholine rings is 1. The van der Waals surface area contributed by atoms with Gasteiger partial charge in [0, 0.05) is 18.8 Å². The Labute approximate surface area is 96.7 Å². The van der Waals surface area contributed by atoms with Gasteiger partial charge in [-0.2, -0.15) is 0 Å². The SMILES string of the molecule is C/C(N)=C/C=C(\N)N1CCOCC1.CC=O. The molecule has 1 saturated heterocycles. The number of carbonyl (C=O) groups is 1. The van der Waals surface area contributed by atoms with E-state index in [1.54, 1.807) is 0 Å². The van der Waals surface area contributed by atoms with E-state index in [2.05, 4.69) is 4.90 Å². The van der Waals surface area contributed by atoms with Gasteiger partial charge in [-0.3, -0.25) is 0 Å². The summed E-state index contributed by atoms with van der Waals surface area (Å²) in [5.74, 6) is 0.758. The summed E-state index contributed by atoms with van der Waals surface area (Å²) in [7, 11) is 0. The normalized spacial score (nSPS) is 17.5. The van der Waals surface area contributed by atoms with Crippen LogP contribution in [0.1, 0.15) is 13.8 Å². The lowest BCUT2D eigenvalue weighted by Crippen LogP contribution is -2.38. The van der Waals surface area contributed by atoms with Crippen LogP contribution in [-0.4, -0.2) is 37.5 Å². The zero-order valence-corrected chi connectivity index (χ0v) is 9.98. The molecule has 0 bridgehead atoms. The largest absolute Gasteiger partial charge is 0.402 e. The van der Waals surface area contributed by atoms with Gasteiger partial charge in [0.25, 0.3) is 0 Å². The number of nitrogens with two attached hydrogens (primary N) is 2. The highest BCUT2D eigenvalue weighted by Gasteiger charge is 2.09. The van der Waals surface area contributed by atoms with Gasteiger partial charge in [-0.1, -0.05) is 0 Å². The van der Waals surface area contributed by atoms with Crippen LogP contribution in [0, 0.1) is 0 Å². The molecule has 5 nitrogen and oxygen atoms in total. The smallest absolute Gasteiger partial charge is 0.116 e. The van der Waals surface area contributed by atoms with Gasteiger partial charge in [0.15, 0.2) is 0 Å². The molecule has 0 amide bonds. The molecule has 5 heteroatoms. The first-order valence-corrected chi connectivity index (χ1v) is 5.23. The fraction of sp³-hybridized carbons (Fsp3) is 0.545. The molecule has 0 aromatic heterocycles. The van der Waals surface area contributed by atoms with Crippen molar-refractivity contribution in [2.75, 3.05) is 26.3 Å². The summed E-state index contributed by atoms with van der Waals surface area (Å²) >= 11 is 0. The lowest BCUT2D eigenvalue weighted by Gasteiger charge is -2.28. The Morgan fingerprint density at radius 3 is 2.19 bits per heavy atom. The summed E-state index contributed by atoms with van der Waals surface area (Å²) in [5.41, 5.74) is 12.1. The summed E-state index contributed by atoms with van der Waals surface area (Å²) in [6.07, 6.45) is 4.39. The highest BCUT2D eigenvalue weighted by molar-refractivity contribution is 5.44. The van der Waals surface area contributed by atoms with Crippen molar-refractivity contribution < 1.29 is 9.53 Å². The Bertz CT molecular complexity index is 252. The maximum absolute atomic E-state index is 8.81. The van der Waals surface area contributed by atoms with Crippen molar-refractivity contribution in [1.82, 2.24) is 4.90 Å². The van der Waals surface area contributed by atoms with E-state index in [1.165, 1.54) is 6.92 Å². The van der Waals surface area contributed by atoms with Crippen LogP contribution < -0.4 is 11.5 Å². The average Bonchev–Trinajstić information content (AvgIpc) is 2.28. The first-order chi connectivity index (χ1) is 7.61. The maximum Gasteiger partial charge on any atom is 0.116 e. The van der Waals surface area contributed by atoms with Gasteiger partial charge in [0.2, 0.25) is 0 Å². The second-order valence-electron chi connectivity index (χ2n) is 3.34. The van der Waals surface area contributed by atoms with Gasteiger partial charge in [-0.15, -0.1) is 0 Å². The predicted octanol–water partition coefficient (Wildman–Crippen LogP) is 0.186. The number of nitrogens with zero attached hydrogens (tertiary/aromatic N) is 1. The molecule has 0 atom stereocenters. The van der Waals surface area contributed by atoms with Crippen molar-refractivity contribution in [2.24, 2.45) is 11.5 Å². The lowest BCUT2D eigenvalue weighted by atomic mass is 10.3. The van der Waals surface area contributed by atoms with Crippen LogP contribution in [0.2, 0.25) is 0 Å². The Balaban J connectivity index is 0.000000673. The minimum absolute atomic E-state index is 0.750. The topological polar surface area (TPSA) is 81.6 Å². The van der Waals surface area contributed by atoms with E-state index in [9.17, 15) is 0 Å². The van der Waals surface area contributed by atoms with Crippen molar-refractivity contribution in [3.05, 3.63) is 23.7 Å². The van der Waals surface area contributed by atoms with Crippen LogP contribution in [0.25, 0.3) is 0 Å². The molecule has 0 saturated carbocycles. The summed E-state index contributed by atoms with van der Waals surface area (Å²) in [5, 5.41) is 0. The second-order valence-corrected chi connectivity index (χ2v) is 3.34. The van der Waals surface area contributed by atoms with Crippen molar-refractivity contribution in [1.29, 1.82) is 0 Å². The monoisotopic (exact) mass is 227 g/mol. The number of aldehydes is 1. The standard InChI is InChI=1S/C9H17N3O.C2H4O/c1-8(10)2-3-9(11)12-4-6-13-7-5-12;1-2-3/h2-3H,4-7,10-11H2,1H3;2H,1H3/b8-2-,9-3+;. The quantitative estimate of drug-likeness (QED) is 0.520. The van der Waals surface area contributed by atoms with Gasteiger partial charge in [0.05, 0.1) is 19.0 Å². The Hall–Kier alpha value is -1.49. The lowest BCUT2D eigenvalue weighted by molar-refractivity contribution is -0.106. The third-order valence-electron chi connectivity index (χ3n) is 1.89. The van der Waals surface area contributed by atoms with Crippen molar-refractivity contribution in [2.45, 2.75) is 13.8 Å². The Kier molecular flexibility index (Phi) is 7.97. The zero-order chi connectivity index (χ0) is 12.4. The Morgan fingerprint density at radius 1 is 1.25 bits per heavy atom. The number of rotatable bonds is 2. The van der Waals surface area contributed by atoms with Gasteiger partial charge in [0.1, 0.15) is 6.29 Å². The summed E-state index contributed by atoms with van der Waals surface area (Å²) in [4.78, 5) is 10.9. The van der Waals surface area contributed by atoms with Crippen LogP contribution in [0.15, 0.2) is 23.7 Å². The van der Waals surface area contributed by atoms with E-state index >= 15 is 0 Å². The molecule has 0 aromatic carbocycles. The molecule has 0 aliphatic carbocycles. The maximum atomic E-state index is 8.81. The molecule has 16 heavy (non-hydrogen) atoms. The second kappa shape index (κ2) is 8.79. The number of hydrogen-bond donors (Lipinski definition) is 2. The number of allylic oxidation sites excluding steroid dienone is 3. The van der Waals surface area contributed by atoms with E-state index in [0.717, 1.165) is 44.1 Å². The molecule has 0 unspecified atom stereocenters. The van der Waals surface area contributed by atoms with Crippen molar-refractivity contribution in [3.8, 4) is 0 Å². The van der Waals surface area contributed by atoms with Gasteiger partial charge >= 0.3 is 0 Å². The summed E-state index contributed by atoms with van der Waals surface area (Å²) < 4.78 is 5.21. The minimum Gasteiger partial charge on any atom is -0.402 e. The molecular formula is C11H21N3O2. The highest BCUT2D eigenvalue weighted by Crippen LogP contribution is 2.02. The van der Waals surface area contributed by atoms with Crippen LogP contribution in [-0.2, 0) is 9.53 Å². The van der Waals surface area contributed by atoms with Crippen LogP contribution in [0.3, 0.4) is 0 Å². The first kappa shape index (κ1) is 14.5. The van der Waals surface area contributed by atoms with E-state index in [-0.39, 0.29) is 0 Å². The molecule has 0 spiro atoms. The van der Waals surface area contributed by atoms with E-state index in [0.29, 0.717) is 0 Å². The molecule has 1 rings (SSSR count). The third-order valence-corrected chi connectivity index (χ3v) is 1.89. The van der Waals surface area contributed by atoms with Crippen LogP contribution >= 0.6 is 0 Å². The first-order valence-electron chi connectivity index (χ1n) is 5.23. The summed E-state index contributed by atoms with van der Waals surface area (Å²) in [6, 6.07) is 0. The molecule has 1 heterocycles. The van der Waals surface area contributed by atoms with E-state index in [4.69, 9.17) is 21.0 Å². The third kappa shape index (κ3) is 6.89. The predicted molar refractivity (Wildman–Crippen MR) is 64.3 cm³/mol. The van der Waals surface area contributed by atoms with Crippen LogP contribution in [0.4, 0.5) is 0 Å². The molecule has 0 radical (unpaired) electrons. The molecule has 1 aliphatic heterocycles. The summed E-state index contributed by atoms with van der Waals surface area (Å²) in [6.45, 7) is 6.50. The molecule has 0 aromatic rings. The zero-order valence-electron chi connectivity index (χ0n) is 9.98.